The van der Waals surface area contributed by atoms with E-state index < -0.39 is 29.6 Å². The molecule has 0 aromatic heterocycles. The van der Waals surface area contributed by atoms with Crippen LogP contribution >= 0.6 is 0 Å². The minimum Gasteiger partial charge on any atom is -0.171 e. The van der Waals surface area contributed by atoms with Crippen LogP contribution in [0, 0.1) is 17.3 Å². The zero-order valence-electron chi connectivity index (χ0n) is 9.17. The largest absolute Gasteiger partial charge is 0.392 e. The Hall–Kier alpha value is -0.420. The third-order valence-electron chi connectivity index (χ3n) is 4.30. The van der Waals surface area contributed by atoms with Crippen molar-refractivity contribution in [3.63, 3.8) is 0 Å². The Labute approximate surface area is 95.4 Å². The molecule has 2 aliphatic carbocycles. The number of halogens is 6. The Kier molecular flexibility index (Phi) is 2.90. The Morgan fingerprint density at radius 3 is 1.35 bits per heavy atom. The zero-order chi connectivity index (χ0) is 12.9. The Bertz CT molecular complexity index is 259. The summed E-state index contributed by atoms with van der Waals surface area (Å²) in [7, 11) is 0. The van der Waals surface area contributed by atoms with E-state index in [0.717, 1.165) is 12.8 Å². The van der Waals surface area contributed by atoms with Crippen LogP contribution in [0.2, 0.25) is 0 Å². The van der Waals surface area contributed by atoms with E-state index in [2.05, 4.69) is 0 Å². The standard InChI is InChI=1S/C11H14F6/c12-10(13,14)7-5-9(3-1-2-4-9)6-8(7)11(15,16)17/h7-8H,1-6H2. The zero-order valence-corrected chi connectivity index (χ0v) is 9.17. The monoisotopic (exact) mass is 260 g/mol. The van der Waals surface area contributed by atoms with Gasteiger partial charge >= 0.3 is 12.4 Å². The van der Waals surface area contributed by atoms with Gasteiger partial charge in [0.2, 0.25) is 0 Å². The van der Waals surface area contributed by atoms with E-state index in [9.17, 15) is 26.3 Å². The highest BCUT2D eigenvalue weighted by Crippen LogP contribution is 2.61. The van der Waals surface area contributed by atoms with Crippen LogP contribution in [0.3, 0.4) is 0 Å². The molecule has 0 nitrogen and oxygen atoms in total. The summed E-state index contributed by atoms with van der Waals surface area (Å²) in [5, 5.41) is 0. The summed E-state index contributed by atoms with van der Waals surface area (Å²) in [6.45, 7) is 0. The lowest BCUT2D eigenvalue weighted by atomic mass is 9.83. The number of rotatable bonds is 0. The molecule has 2 saturated carbocycles. The maximum absolute atomic E-state index is 12.7. The first-order valence-corrected chi connectivity index (χ1v) is 5.78. The highest BCUT2D eigenvalue weighted by molar-refractivity contribution is 5.00. The summed E-state index contributed by atoms with van der Waals surface area (Å²) in [5.41, 5.74) is -0.694. The number of hydrogen-bond acceptors (Lipinski definition) is 0. The fourth-order valence-corrected chi connectivity index (χ4v) is 3.52. The van der Waals surface area contributed by atoms with Gasteiger partial charge in [-0.15, -0.1) is 0 Å². The topological polar surface area (TPSA) is 0 Å². The van der Waals surface area contributed by atoms with Crippen LogP contribution in [-0.2, 0) is 0 Å². The average molecular weight is 260 g/mol. The van der Waals surface area contributed by atoms with E-state index >= 15 is 0 Å². The van der Waals surface area contributed by atoms with E-state index in [-0.39, 0.29) is 12.8 Å². The van der Waals surface area contributed by atoms with Crippen LogP contribution in [0.4, 0.5) is 26.3 Å². The van der Waals surface area contributed by atoms with Crippen molar-refractivity contribution in [1.82, 2.24) is 0 Å². The van der Waals surface area contributed by atoms with Crippen molar-refractivity contribution < 1.29 is 26.3 Å². The Morgan fingerprint density at radius 2 is 1.06 bits per heavy atom. The van der Waals surface area contributed by atoms with Gasteiger partial charge in [0.05, 0.1) is 11.8 Å². The lowest BCUT2D eigenvalue weighted by Crippen LogP contribution is -2.35. The van der Waals surface area contributed by atoms with Gasteiger partial charge in [0.15, 0.2) is 0 Å². The van der Waals surface area contributed by atoms with Gasteiger partial charge in [-0.2, -0.15) is 26.3 Å². The van der Waals surface area contributed by atoms with Crippen molar-refractivity contribution in [3.05, 3.63) is 0 Å². The lowest BCUT2D eigenvalue weighted by molar-refractivity contribution is -0.245. The SMILES string of the molecule is FC(F)(F)C1CC2(CCCC2)CC1C(F)(F)F. The first kappa shape index (κ1) is 13.0. The molecule has 2 rings (SSSR count). The molecular formula is C11H14F6. The van der Waals surface area contributed by atoms with Crippen molar-refractivity contribution in [3.8, 4) is 0 Å². The van der Waals surface area contributed by atoms with Gasteiger partial charge in [0.1, 0.15) is 0 Å². The smallest absolute Gasteiger partial charge is 0.171 e. The molecule has 0 aromatic rings. The Morgan fingerprint density at radius 1 is 0.706 bits per heavy atom. The first-order chi connectivity index (χ1) is 7.64. The molecule has 2 aliphatic rings. The molecule has 0 radical (unpaired) electrons. The third-order valence-corrected chi connectivity index (χ3v) is 4.30. The Balaban J connectivity index is 2.24. The second-order valence-corrected chi connectivity index (χ2v) is 5.41. The molecule has 1 spiro atoms. The maximum Gasteiger partial charge on any atom is 0.392 e. The van der Waals surface area contributed by atoms with Gasteiger partial charge in [-0.1, -0.05) is 12.8 Å². The van der Waals surface area contributed by atoms with Crippen LogP contribution in [0.1, 0.15) is 38.5 Å². The van der Waals surface area contributed by atoms with Crippen molar-refractivity contribution in [2.75, 3.05) is 0 Å². The molecule has 0 aliphatic heterocycles. The molecule has 0 bridgehead atoms. The van der Waals surface area contributed by atoms with E-state index in [1.807, 2.05) is 0 Å². The second kappa shape index (κ2) is 3.79. The predicted octanol–water partition coefficient (Wildman–Crippen LogP) is 4.70. The predicted molar refractivity (Wildman–Crippen MR) is 49.2 cm³/mol. The molecule has 0 N–H and O–H groups in total. The van der Waals surface area contributed by atoms with E-state index in [1.165, 1.54) is 0 Å². The fourth-order valence-electron chi connectivity index (χ4n) is 3.52. The van der Waals surface area contributed by atoms with Crippen molar-refractivity contribution in [2.45, 2.75) is 50.9 Å². The molecule has 2 atom stereocenters. The first-order valence-electron chi connectivity index (χ1n) is 5.78. The normalized spacial score (nSPS) is 33.5. The average Bonchev–Trinajstić information content (AvgIpc) is 2.72. The van der Waals surface area contributed by atoms with E-state index in [1.54, 1.807) is 0 Å². The molecule has 0 amide bonds. The van der Waals surface area contributed by atoms with Gasteiger partial charge in [-0.25, -0.2) is 0 Å². The fraction of sp³-hybridized carbons (Fsp3) is 1.00. The van der Waals surface area contributed by atoms with Crippen molar-refractivity contribution in [2.24, 2.45) is 17.3 Å². The third kappa shape index (κ3) is 2.40. The minimum absolute atomic E-state index is 0.333. The molecule has 6 heteroatoms. The van der Waals surface area contributed by atoms with Crippen molar-refractivity contribution >= 4 is 0 Å². The van der Waals surface area contributed by atoms with Gasteiger partial charge in [-0.3, -0.25) is 0 Å². The summed E-state index contributed by atoms with van der Waals surface area (Å²) < 4.78 is 76.1. The van der Waals surface area contributed by atoms with Crippen LogP contribution < -0.4 is 0 Å². The summed E-state index contributed by atoms with van der Waals surface area (Å²) in [6.07, 6.45) is -7.57. The summed E-state index contributed by atoms with van der Waals surface area (Å²) in [6, 6.07) is 0. The van der Waals surface area contributed by atoms with Gasteiger partial charge < -0.3 is 0 Å². The molecular weight excluding hydrogens is 246 g/mol. The quantitative estimate of drug-likeness (QED) is 0.554. The summed E-state index contributed by atoms with van der Waals surface area (Å²) >= 11 is 0. The number of alkyl halides is 6. The van der Waals surface area contributed by atoms with Crippen LogP contribution in [0.5, 0.6) is 0 Å². The molecule has 17 heavy (non-hydrogen) atoms. The highest BCUT2D eigenvalue weighted by atomic mass is 19.4. The maximum atomic E-state index is 12.7. The lowest BCUT2D eigenvalue weighted by Gasteiger charge is -2.24. The summed E-state index contributed by atoms with van der Waals surface area (Å²) in [4.78, 5) is 0. The second-order valence-electron chi connectivity index (χ2n) is 5.41. The molecule has 0 aromatic carbocycles. The molecule has 100 valence electrons. The van der Waals surface area contributed by atoms with Crippen LogP contribution in [0.15, 0.2) is 0 Å². The van der Waals surface area contributed by atoms with E-state index in [4.69, 9.17) is 0 Å². The summed E-state index contributed by atoms with van der Waals surface area (Å²) in [5.74, 6) is -4.39. The molecule has 2 fully saturated rings. The highest BCUT2D eigenvalue weighted by Gasteiger charge is 2.63. The van der Waals surface area contributed by atoms with E-state index in [0.29, 0.717) is 12.8 Å². The number of hydrogen-bond donors (Lipinski definition) is 0. The van der Waals surface area contributed by atoms with Crippen molar-refractivity contribution in [1.29, 1.82) is 0 Å². The molecule has 2 unspecified atom stereocenters. The minimum atomic E-state index is -4.73. The van der Waals surface area contributed by atoms with Gasteiger partial charge in [-0.05, 0) is 31.1 Å². The molecule has 0 heterocycles. The van der Waals surface area contributed by atoms with Gasteiger partial charge in [0, 0.05) is 0 Å². The molecule has 0 saturated heterocycles. The van der Waals surface area contributed by atoms with Crippen LogP contribution in [-0.4, -0.2) is 12.4 Å². The van der Waals surface area contributed by atoms with Crippen LogP contribution in [0.25, 0.3) is 0 Å². The van der Waals surface area contributed by atoms with Gasteiger partial charge in [0.25, 0.3) is 0 Å².